The quantitative estimate of drug-likeness (QED) is 0.238. The van der Waals surface area contributed by atoms with E-state index in [1.165, 1.54) is 40.7 Å². The molecule has 4 rings (SSSR count). The fourth-order valence-electron chi connectivity index (χ4n) is 4.10. The fourth-order valence-corrected chi connectivity index (χ4v) is 10.4. The van der Waals surface area contributed by atoms with Gasteiger partial charge in [-0.3, -0.25) is 0 Å². The largest absolute Gasteiger partial charge is 0.323 e. The molecule has 160 valence electrons. The minimum Gasteiger partial charge on any atom is -0.323 e. The minimum atomic E-state index is -2.08. The fraction of sp³-hybridized carbons (Fsp3) is 0.417. The summed E-state index contributed by atoms with van der Waals surface area (Å²) in [6.45, 7) is 8.18. The lowest BCUT2D eigenvalue weighted by molar-refractivity contribution is 0.574. The lowest BCUT2D eigenvalue weighted by Crippen LogP contribution is -1.94. The average Bonchev–Trinajstić information content (AvgIpc) is 3.28. The van der Waals surface area contributed by atoms with Gasteiger partial charge in [0, 0.05) is 32.5 Å². The SMILES string of the molecule is CCP(=O)(CC)Cc1ccc2c(c1)sc1c3ccc(CP(=O)(CC)CC)cc3sc21. The first kappa shape index (κ1) is 22.3. The zero-order valence-electron chi connectivity index (χ0n) is 18.2. The first-order valence-corrected chi connectivity index (χ1v) is 17.0. The van der Waals surface area contributed by atoms with Gasteiger partial charge in [-0.05, 0) is 47.9 Å². The van der Waals surface area contributed by atoms with E-state index in [2.05, 4.69) is 36.4 Å². The van der Waals surface area contributed by atoms with Gasteiger partial charge in [0.05, 0.1) is 23.7 Å². The molecule has 0 fully saturated rings. The van der Waals surface area contributed by atoms with Gasteiger partial charge in [-0.1, -0.05) is 52.0 Å². The van der Waals surface area contributed by atoms with Crippen molar-refractivity contribution in [1.29, 1.82) is 0 Å². The van der Waals surface area contributed by atoms with Crippen LogP contribution in [-0.2, 0) is 21.5 Å². The molecule has 0 amide bonds. The van der Waals surface area contributed by atoms with Crippen molar-refractivity contribution in [1.82, 2.24) is 0 Å². The van der Waals surface area contributed by atoms with Gasteiger partial charge in [-0.15, -0.1) is 22.7 Å². The Bertz CT molecular complexity index is 1200. The molecule has 0 N–H and O–H groups in total. The number of benzene rings is 2. The Labute approximate surface area is 187 Å². The average molecular weight is 477 g/mol. The molecule has 4 aromatic rings. The zero-order chi connectivity index (χ0) is 21.5. The van der Waals surface area contributed by atoms with Gasteiger partial charge in [0.1, 0.15) is 0 Å². The van der Waals surface area contributed by atoms with E-state index in [4.69, 9.17) is 0 Å². The van der Waals surface area contributed by atoms with Gasteiger partial charge in [0.2, 0.25) is 0 Å². The number of thiophene rings is 2. The van der Waals surface area contributed by atoms with E-state index < -0.39 is 14.3 Å². The van der Waals surface area contributed by atoms with E-state index in [1.54, 1.807) is 0 Å². The normalized spacial score (nSPS) is 13.1. The topological polar surface area (TPSA) is 34.1 Å². The van der Waals surface area contributed by atoms with Crippen molar-refractivity contribution in [3.8, 4) is 0 Å². The summed E-state index contributed by atoms with van der Waals surface area (Å²) >= 11 is 3.69. The van der Waals surface area contributed by atoms with Crippen molar-refractivity contribution in [2.45, 2.75) is 40.0 Å². The predicted molar refractivity (Wildman–Crippen MR) is 139 cm³/mol. The first-order chi connectivity index (χ1) is 14.3. The Balaban J connectivity index is 1.74. The predicted octanol–water partition coefficient (Wildman–Crippen LogP) is 9.07. The Kier molecular flexibility index (Phi) is 6.35. The lowest BCUT2D eigenvalue weighted by Gasteiger charge is -2.14. The second kappa shape index (κ2) is 8.55. The van der Waals surface area contributed by atoms with Crippen LogP contribution in [0.3, 0.4) is 0 Å². The molecule has 2 nitrogen and oxygen atoms in total. The molecule has 0 atom stereocenters. The van der Waals surface area contributed by atoms with Crippen LogP contribution in [0.1, 0.15) is 38.8 Å². The third-order valence-electron chi connectivity index (χ3n) is 6.46. The van der Waals surface area contributed by atoms with Crippen molar-refractivity contribution < 1.29 is 9.13 Å². The molecule has 0 aliphatic heterocycles. The summed E-state index contributed by atoms with van der Waals surface area (Å²) in [5.74, 6) is 0. The standard InChI is InChI=1S/C24H30O2P2S2/c1-5-27(25,6-2)15-17-9-11-19-21(13-17)29-24-20-12-10-18(14-22(20)30-23(19)24)16-28(26,7-3)8-4/h9-14H,5-8,15-16H2,1-4H3. The molecule has 0 radical (unpaired) electrons. The molecule has 30 heavy (non-hydrogen) atoms. The van der Waals surface area contributed by atoms with Crippen molar-refractivity contribution in [2.24, 2.45) is 0 Å². The van der Waals surface area contributed by atoms with Gasteiger partial charge in [-0.25, -0.2) is 0 Å². The van der Waals surface area contributed by atoms with Crippen LogP contribution >= 0.6 is 37.0 Å². The number of rotatable bonds is 8. The van der Waals surface area contributed by atoms with Crippen LogP contribution in [0, 0.1) is 0 Å². The summed E-state index contributed by atoms with van der Waals surface area (Å²) in [6, 6.07) is 13.3. The van der Waals surface area contributed by atoms with E-state index in [0.29, 0.717) is 12.3 Å². The highest BCUT2D eigenvalue weighted by molar-refractivity contribution is 7.63. The Morgan fingerprint density at radius 2 is 1.00 bits per heavy atom. The van der Waals surface area contributed by atoms with Crippen molar-refractivity contribution in [3.05, 3.63) is 47.5 Å². The molecular formula is C24H30O2P2S2. The van der Waals surface area contributed by atoms with Crippen molar-refractivity contribution in [2.75, 3.05) is 24.6 Å². The first-order valence-electron chi connectivity index (χ1n) is 10.8. The Morgan fingerprint density at radius 1 is 0.633 bits per heavy atom. The smallest absolute Gasteiger partial charge is 0.0914 e. The summed E-state index contributed by atoms with van der Waals surface area (Å²) in [5.41, 5.74) is 2.40. The van der Waals surface area contributed by atoms with E-state index in [9.17, 15) is 9.13 Å². The van der Waals surface area contributed by atoms with Crippen molar-refractivity contribution in [3.63, 3.8) is 0 Å². The highest BCUT2D eigenvalue weighted by atomic mass is 32.1. The third-order valence-corrected chi connectivity index (χ3v) is 15.5. The Morgan fingerprint density at radius 3 is 1.33 bits per heavy atom. The minimum absolute atomic E-state index is 0.709. The second-order valence-corrected chi connectivity index (χ2v) is 17.7. The van der Waals surface area contributed by atoms with Crippen LogP contribution in [0.25, 0.3) is 29.6 Å². The molecule has 2 aromatic carbocycles. The van der Waals surface area contributed by atoms with Crippen LogP contribution < -0.4 is 0 Å². The molecule has 0 bridgehead atoms. The molecule has 0 saturated heterocycles. The van der Waals surface area contributed by atoms with Gasteiger partial charge in [-0.2, -0.15) is 0 Å². The molecule has 0 aliphatic rings. The van der Waals surface area contributed by atoms with Gasteiger partial charge >= 0.3 is 0 Å². The van der Waals surface area contributed by atoms with Crippen LogP contribution in [0.5, 0.6) is 0 Å². The molecule has 6 heteroatoms. The molecule has 2 heterocycles. The highest BCUT2D eigenvalue weighted by Crippen LogP contribution is 2.51. The zero-order valence-corrected chi connectivity index (χ0v) is 21.7. The summed E-state index contributed by atoms with van der Waals surface area (Å²) < 4.78 is 31.1. The van der Waals surface area contributed by atoms with E-state index in [1.807, 2.05) is 50.4 Å². The Hall–Kier alpha value is -0.920. The molecular weight excluding hydrogens is 446 g/mol. The molecule has 0 spiro atoms. The van der Waals surface area contributed by atoms with Crippen LogP contribution in [-0.4, -0.2) is 24.6 Å². The monoisotopic (exact) mass is 476 g/mol. The summed E-state index contributed by atoms with van der Waals surface area (Å²) in [7, 11) is -4.17. The summed E-state index contributed by atoms with van der Waals surface area (Å²) in [5, 5.41) is 2.61. The van der Waals surface area contributed by atoms with Gasteiger partial charge < -0.3 is 9.13 Å². The molecule has 2 aromatic heterocycles. The number of hydrogen-bond acceptors (Lipinski definition) is 4. The molecule has 0 unspecified atom stereocenters. The van der Waals surface area contributed by atoms with Crippen LogP contribution in [0.15, 0.2) is 36.4 Å². The summed E-state index contributed by atoms with van der Waals surface area (Å²) in [4.78, 5) is 0. The summed E-state index contributed by atoms with van der Waals surface area (Å²) in [6.07, 6.45) is 4.52. The lowest BCUT2D eigenvalue weighted by atomic mass is 10.1. The maximum Gasteiger partial charge on any atom is 0.0914 e. The van der Waals surface area contributed by atoms with Crippen LogP contribution in [0.4, 0.5) is 0 Å². The van der Waals surface area contributed by atoms with E-state index >= 15 is 0 Å². The van der Waals surface area contributed by atoms with E-state index in [0.717, 1.165) is 24.6 Å². The number of hydrogen-bond donors (Lipinski definition) is 0. The van der Waals surface area contributed by atoms with Crippen molar-refractivity contribution >= 4 is 66.5 Å². The highest BCUT2D eigenvalue weighted by Gasteiger charge is 2.20. The van der Waals surface area contributed by atoms with Crippen LogP contribution in [0.2, 0.25) is 0 Å². The second-order valence-electron chi connectivity index (χ2n) is 8.22. The molecule has 0 saturated carbocycles. The van der Waals surface area contributed by atoms with Gasteiger partial charge in [0.15, 0.2) is 0 Å². The van der Waals surface area contributed by atoms with Gasteiger partial charge in [0.25, 0.3) is 0 Å². The molecule has 0 aliphatic carbocycles. The third kappa shape index (κ3) is 4.09. The van der Waals surface area contributed by atoms with E-state index in [-0.39, 0.29) is 0 Å². The maximum absolute atomic E-state index is 12.9. The maximum atomic E-state index is 12.9. The number of fused-ring (bicyclic) bond motifs is 5.